The molecule has 0 atom stereocenters. The van der Waals surface area contributed by atoms with E-state index < -0.39 is 0 Å². The molecular weight excluding hydrogens is 185 g/mol. The summed E-state index contributed by atoms with van der Waals surface area (Å²) in [4.78, 5) is 0. The number of alkyl halides is 1. The van der Waals surface area contributed by atoms with Crippen LogP contribution >= 0.6 is 11.6 Å². The summed E-state index contributed by atoms with van der Waals surface area (Å²) in [7, 11) is 0. The second-order valence-electron chi connectivity index (χ2n) is 0.276. The fourth-order valence-corrected chi connectivity index (χ4v) is 0. The van der Waals surface area contributed by atoms with Crippen LogP contribution in [-0.2, 0) is 3.02 Å². The third kappa shape index (κ3) is 3.07. The average molecular weight is 189 g/mol. The van der Waals surface area contributed by atoms with Crippen molar-refractivity contribution in [3.63, 3.8) is 0 Å². The van der Waals surface area contributed by atoms with Gasteiger partial charge in [-0.1, -0.05) is 0 Å². The first-order valence-corrected chi connectivity index (χ1v) is 2.67. The Balaban J connectivity index is 1.97. The van der Waals surface area contributed by atoms with E-state index in [9.17, 15) is 0 Å². The van der Waals surface area contributed by atoms with Crippen molar-refractivity contribution in [2.45, 2.75) is 0 Å². The van der Waals surface area contributed by atoms with Crippen molar-refractivity contribution in [2.75, 3.05) is 6.07 Å². The van der Waals surface area contributed by atoms with Gasteiger partial charge in [0.25, 0.3) is 0 Å². The van der Waals surface area contributed by atoms with Gasteiger partial charge in [0.15, 0.2) is 0 Å². The van der Waals surface area contributed by atoms with Crippen LogP contribution in [0.5, 0.6) is 0 Å². The second kappa shape index (κ2) is 4.07. The maximum absolute atomic E-state index is 5.00. The van der Waals surface area contributed by atoms with Gasteiger partial charge in [-0.2, -0.15) is 0 Å². The summed E-state index contributed by atoms with van der Waals surface area (Å²) in [6.07, 6.45) is 0. The van der Waals surface area contributed by atoms with Crippen LogP contribution < -0.4 is 0 Å². The molecule has 4 heavy (non-hydrogen) atoms. The molecule has 0 aliphatic rings. The Morgan fingerprint density at radius 3 is 2.25 bits per heavy atom. The van der Waals surface area contributed by atoms with E-state index in [1.807, 2.05) is 0 Å². The number of hydrogen-bond acceptors (Lipinski definition) is 1. The Kier molecular flexibility index (Phi) is 5.15. The van der Waals surface area contributed by atoms with Crippen LogP contribution in [0.2, 0.25) is 0 Å². The van der Waals surface area contributed by atoms with E-state index in [0.29, 0.717) is 6.07 Å². The summed E-state index contributed by atoms with van der Waals surface area (Å²) in [6.45, 7) is 0. The molecule has 0 saturated heterocycles. The Bertz CT molecular complexity index is 10.0. The van der Waals surface area contributed by atoms with Crippen molar-refractivity contribution < 1.29 is 3.02 Å². The molecule has 0 rings (SSSR count). The van der Waals surface area contributed by atoms with Crippen LogP contribution in [0.15, 0.2) is 0 Å². The molecule has 26 valence electrons. The van der Waals surface area contributed by atoms with Gasteiger partial charge in [-0.05, 0) is 0 Å². The zero-order valence-corrected chi connectivity index (χ0v) is 6.12. The fourth-order valence-electron chi connectivity index (χ4n) is 0. The van der Waals surface area contributed by atoms with Crippen molar-refractivity contribution in [1.29, 1.82) is 0 Å². The molecule has 0 bridgehead atoms. The molecule has 0 aromatic heterocycles. The summed E-state index contributed by atoms with van der Waals surface area (Å²) >= 11 is 5.80. The molecular formula is CH4ClOSb. The molecule has 0 N–H and O–H groups in total. The topological polar surface area (TPSA) is 9.23 Å². The van der Waals surface area contributed by atoms with E-state index in [-0.39, 0.29) is 0 Å². The van der Waals surface area contributed by atoms with Gasteiger partial charge < -0.3 is 0 Å². The van der Waals surface area contributed by atoms with E-state index in [1.165, 1.54) is 0 Å². The fraction of sp³-hybridized carbons (Fsp3) is 1.00. The summed E-state index contributed by atoms with van der Waals surface area (Å²) < 4.78 is 4.44. The van der Waals surface area contributed by atoms with Crippen molar-refractivity contribution >= 4 is 35.0 Å². The monoisotopic (exact) mass is 188 g/mol. The first-order chi connectivity index (χ1) is 1.91. The number of rotatable bonds is 1. The molecule has 0 heterocycles. The SMILES string of the molecule is ClC[O][SbH2]. The van der Waals surface area contributed by atoms with Crippen LogP contribution in [0.3, 0.4) is 0 Å². The molecule has 0 radical (unpaired) electrons. The molecule has 0 spiro atoms. The predicted molar refractivity (Wildman–Crippen MR) is 20.3 cm³/mol. The Morgan fingerprint density at radius 1 is 2.00 bits per heavy atom. The van der Waals surface area contributed by atoms with Crippen LogP contribution in [0, 0.1) is 0 Å². The minimum atomic E-state index is 0.349. The quantitative estimate of drug-likeness (QED) is 0.408. The van der Waals surface area contributed by atoms with Gasteiger partial charge in [0.05, 0.1) is 0 Å². The molecule has 3 heteroatoms. The van der Waals surface area contributed by atoms with Crippen molar-refractivity contribution in [3.8, 4) is 0 Å². The van der Waals surface area contributed by atoms with Crippen LogP contribution in [0.1, 0.15) is 0 Å². The van der Waals surface area contributed by atoms with Gasteiger partial charge in [0.2, 0.25) is 0 Å². The van der Waals surface area contributed by atoms with Crippen LogP contribution in [0.4, 0.5) is 0 Å². The zero-order valence-electron chi connectivity index (χ0n) is 2.07. The van der Waals surface area contributed by atoms with Gasteiger partial charge in [0, 0.05) is 0 Å². The minimum absolute atomic E-state index is 0.349. The summed E-state index contributed by atoms with van der Waals surface area (Å²) in [5.74, 6) is 0. The normalized spacial score (nSPS) is 7.50. The zero-order chi connectivity index (χ0) is 3.41. The Labute approximate surface area is 44.3 Å². The molecule has 0 amide bonds. The molecule has 0 fully saturated rings. The summed E-state index contributed by atoms with van der Waals surface area (Å²) in [5.41, 5.74) is 0. The average Bonchev–Trinajstić information content (AvgIpc) is 1.37. The van der Waals surface area contributed by atoms with Crippen LogP contribution in [-0.4, -0.2) is 29.5 Å². The second-order valence-corrected chi connectivity index (χ2v) is 1.45. The first kappa shape index (κ1) is 5.07. The van der Waals surface area contributed by atoms with Gasteiger partial charge in [0.1, 0.15) is 0 Å². The number of halogens is 1. The van der Waals surface area contributed by atoms with Gasteiger partial charge in [-0.3, -0.25) is 0 Å². The maximum atomic E-state index is 5.00. The van der Waals surface area contributed by atoms with E-state index >= 15 is 0 Å². The Morgan fingerprint density at radius 2 is 2.25 bits per heavy atom. The molecule has 0 saturated carbocycles. The van der Waals surface area contributed by atoms with Crippen molar-refractivity contribution in [3.05, 3.63) is 0 Å². The molecule has 0 aliphatic carbocycles. The molecule has 1 nitrogen and oxygen atoms in total. The van der Waals surface area contributed by atoms with E-state index in [1.54, 1.807) is 0 Å². The first-order valence-electron chi connectivity index (χ1n) is 0.792. The van der Waals surface area contributed by atoms with Crippen molar-refractivity contribution in [2.24, 2.45) is 0 Å². The Hall–Kier alpha value is 1.07. The molecule has 0 aromatic carbocycles. The van der Waals surface area contributed by atoms with Gasteiger partial charge in [-0.25, -0.2) is 0 Å². The van der Waals surface area contributed by atoms with Crippen LogP contribution in [0.25, 0.3) is 0 Å². The van der Waals surface area contributed by atoms with Crippen molar-refractivity contribution in [1.82, 2.24) is 0 Å². The number of hydrogen-bond donors (Lipinski definition) is 0. The van der Waals surface area contributed by atoms with E-state index in [2.05, 4.69) is 3.02 Å². The summed E-state index contributed by atoms with van der Waals surface area (Å²) in [6, 6.07) is 0.349. The predicted octanol–water partition coefficient (Wildman–Crippen LogP) is -0.253. The van der Waals surface area contributed by atoms with E-state index in [0.717, 1.165) is 23.4 Å². The van der Waals surface area contributed by atoms with Gasteiger partial charge >= 0.3 is 44.1 Å². The van der Waals surface area contributed by atoms with Gasteiger partial charge in [-0.15, -0.1) is 0 Å². The molecule has 0 aromatic rings. The third-order valence-electron chi connectivity index (χ3n) is 0.0630. The standard InChI is InChI=1S/CH2ClO.Sb.2H/c2-1-3;;;/h1H2;;;/q-1;+1;;. The third-order valence-corrected chi connectivity index (χ3v) is 1.27. The summed E-state index contributed by atoms with van der Waals surface area (Å²) in [5, 5.41) is 0. The molecule has 0 unspecified atom stereocenters. The van der Waals surface area contributed by atoms with E-state index in [4.69, 9.17) is 11.6 Å². The molecule has 0 aliphatic heterocycles.